The third kappa shape index (κ3) is 2.14. The molecule has 0 aromatic heterocycles. The quantitative estimate of drug-likeness (QED) is 0.666. The molecule has 0 radical (unpaired) electrons. The molecule has 1 fully saturated rings. The molecule has 1 aliphatic heterocycles. The Morgan fingerprint density at radius 2 is 0.812 bits per heavy atom. The van der Waals surface area contributed by atoms with Crippen molar-refractivity contribution < 1.29 is 16.8 Å². The van der Waals surface area contributed by atoms with Crippen LogP contribution in [0.25, 0.3) is 0 Å². The van der Waals surface area contributed by atoms with Gasteiger partial charge in [0.05, 0.1) is 0 Å². The Morgan fingerprint density at radius 1 is 0.625 bits per heavy atom. The molecule has 0 unspecified atom stereocenters. The Kier molecular flexibility index (Phi) is 3.52. The Labute approximate surface area is 104 Å². The van der Waals surface area contributed by atoms with Gasteiger partial charge in [-0.05, 0) is 0 Å². The molecule has 1 heterocycles. The van der Waals surface area contributed by atoms with Crippen LogP contribution in [0.4, 0.5) is 0 Å². The van der Waals surface area contributed by atoms with Crippen molar-refractivity contribution in [2.24, 2.45) is 0 Å². The van der Waals surface area contributed by atoms with E-state index in [9.17, 15) is 16.8 Å². The van der Waals surface area contributed by atoms with Crippen molar-refractivity contribution in [1.82, 2.24) is 0 Å². The Balaban J connectivity index is 3.39. The zero-order valence-corrected chi connectivity index (χ0v) is 16.4. The Hall–Kier alpha value is 0.986. The van der Waals surface area contributed by atoms with E-state index >= 15 is 0 Å². The average molecular weight is 390 g/mol. The summed E-state index contributed by atoms with van der Waals surface area (Å²) in [6, 6.07) is 0. The van der Waals surface area contributed by atoms with Gasteiger partial charge in [0.15, 0.2) is 0 Å². The summed E-state index contributed by atoms with van der Waals surface area (Å²) in [6.45, 7) is 0. The van der Waals surface area contributed by atoms with Crippen LogP contribution in [0.3, 0.4) is 0 Å². The fourth-order valence-electron chi connectivity index (χ4n) is 2.52. The number of rotatable bonds is 2. The molecule has 96 valence electrons. The maximum atomic E-state index is 12.2. The standard InChI is InChI=1S/C8H20Ge2O4S2/c1-9(2,3)7-15(11,12)8(10(4,5)6)16(7,13)14/h7-8H,1-6H3. The van der Waals surface area contributed by atoms with E-state index in [1.54, 1.807) is 0 Å². The summed E-state index contributed by atoms with van der Waals surface area (Å²) in [5.74, 6) is 11.1. The molecule has 0 N–H and O–H groups in total. The Morgan fingerprint density at radius 3 is 0.938 bits per heavy atom. The van der Waals surface area contributed by atoms with Crippen molar-refractivity contribution in [2.75, 3.05) is 0 Å². The molecule has 0 aromatic carbocycles. The topological polar surface area (TPSA) is 68.3 Å². The van der Waals surface area contributed by atoms with Crippen molar-refractivity contribution in [3.05, 3.63) is 0 Å². The first-order valence-electron chi connectivity index (χ1n) is 5.19. The van der Waals surface area contributed by atoms with Crippen LogP contribution in [-0.2, 0) is 19.7 Å². The van der Waals surface area contributed by atoms with Gasteiger partial charge < -0.3 is 0 Å². The van der Waals surface area contributed by atoms with Crippen molar-refractivity contribution in [3.63, 3.8) is 0 Å². The van der Waals surface area contributed by atoms with Gasteiger partial charge in [0, 0.05) is 0 Å². The molecule has 1 aliphatic rings. The number of hydrogen-bond acceptors (Lipinski definition) is 4. The summed E-state index contributed by atoms with van der Waals surface area (Å²) >= 11 is -5.46. The molecule has 0 aliphatic carbocycles. The monoisotopic (exact) mass is 392 g/mol. The Bertz CT molecular complexity index is 425. The molecule has 4 nitrogen and oxygen atoms in total. The van der Waals surface area contributed by atoms with Gasteiger partial charge >= 0.3 is 104 Å². The van der Waals surface area contributed by atoms with Crippen LogP contribution in [0.5, 0.6) is 0 Å². The zero-order chi connectivity index (χ0) is 13.2. The molecule has 1 saturated heterocycles. The molecule has 0 saturated carbocycles. The van der Waals surface area contributed by atoms with Gasteiger partial charge in [-0.25, -0.2) is 0 Å². The van der Waals surface area contributed by atoms with Gasteiger partial charge in [0.25, 0.3) is 0 Å². The normalized spacial score (nSPS) is 33.1. The molecule has 0 atom stereocenters. The van der Waals surface area contributed by atoms with Crippen LogP contribution in [-0.4, -0.2) is 50.2 Å². The van der Waals surface area contributed by atoms with Gasteiger partial charge in [-0.2, -0.15) is 0 Å². The van der Waals surface area contributed by atoms with E-state index in [0.29, 0.717) is 0 Å². The first-order valence-corrected chi connectivity index (χ1v) is 23.4. The second-order valence-corrected chi connectivity index (χ2v) is 37.2. The SMILES string of the molecule is [CH3][Ge]([CH3])([CH3])[CH]1S(=O)(=O)[CH]([Ge]([CH3])([CH3])[CH3])S1(=O)=O. The molecule has 16 heavy (non-hydrogen) atoms. The molecular weight excluding hydrogens is 369 g/mol. The summed E-state index contributed by atoms with van der Waals surface area (Å²) < 4.78 is 46.7. The van der Waals surface area contributed by atoms with Gasteiger partial charge in [0.2, 0.25) is 0 Å². The second-order valence-electron chi connectivity index (χ2n) is 6.57. The molecule has 0 amide bonds. The molecule has 8 heteroatoms. The number of sulfone groups is 2. The van der Waals surface area contributed by atoms with E-state index in [1.165, 1.54) is 0 Å². The maximum absolute atomic E-state index is 12.2. The van der Waals surface area contributed by atoms with E-state index in [1.807, 2.05) is 34.5 Å². The van der Waals surface area contributed by atoms with Crippen molar-refractivity contribution >= 4 is 46.2 Å². The second kappa shape index (κ2) is 3.74. The summed E-state index contributed by atoms with van der Waals surface area (Å²) in [5.41, 5.74) is 0. The van der Waals surface area contributed by atoms with Crippen molar-refractivity contribution in [1.29, 1.82) is 0 Å². The average Bonchev–Trinajstić information content (AvgIpc) is 1.69. The van der Waals surface area contributed by atoms with E-state index in [2.05, 4.69) is 0 Å². The first kappa shape index (κ1) is 15.0. The summed E-state index contributed by atoms with van der Waals surface area (Å²) in [4.78, 5) is 0. The van der Waals surface area contributed by atoms with Crippen LogP contribution in [0.2, 0.25) is 34.5 Å². The molecule has 0 bridgehead atoms. The minimum absolute atomic E-state index is 1.02. The summed E-state index contributed by atoms with van der Waals surface area (Å²) in [6.07, 6.45) is 0. The fraction of sp³-hybridized carbons (Fsp3) is 1.00. The molecular formula is C8H20Ge2O4S2. The molecule has 0 aromatic rings. The van der Waals surface area contributed by atoms with E-state index in [4.69, 9.17) is 0 Å². The van der Waals surface area contributed by atoms with Crippen LogP contribution in [0.15, 0.2) is 0 Å². The van der Waals surface area contributed by atoms with E-state index < -0.39 is 53.0 Å². The zero-order valence-electron chi connectivity index (χ0n) is 10.6. The van der Waals surface area contributed by atoms with Crippen molar-refractivity contribution in [3.8, 4) is 0 Å². The predicted molar refractivity (Wildman–Crippen MR) is 72.1 cm³/mol. The van der Waals surface area contributed by atoms with Gasteiger partial charge in [0.1, 0.15) is 0 Å². The third-order valence-electron chi connectivity index (χ3n) is 2.61. The predicted octanol–water partition coefficient (Wildman–Crippen LogP) is 1.24. The van der Waals surface area contributed by atoms with Gasteiger partial charge in [-0.3, -0.25) is 0 Å². The van der Waals surface area contributed by atoms with E-state index in [-0.39, 0.29) is 0 Å². The molecule has 0 spiro atoms. The summed E-state index contributed by atoms with van der Waals surface area (Å²) in [7, 11) is -6.81. The van der Waals surface area contributed by atoms with Gasteiger partial charge in [-0.15, -0.1) is 0 Å². The minimum atomic E-state index is -3.41. The fourth-order valence-corrected chi connectivity index (χ4v) is 44.7. The van der Waals surface area contributed by atoms with Crippen LogP contribution < -0.4 is 0 Å². The van der Waals surface area contributed by atoms with Crippen molar-refractivity contribution in [2.45, 2.75) is 41.4 Å². The first-order chi connectivity index (χ1) is 6.73. The van der Waals surface area contributed by atoms with E-state index in [0.717, 1.165) is 0 Å². The van der Waals surface area contributed by atoms with Crippen LogP contribution in [0.1, 0.15) is 0 Å². The van der Waals surface area contributed by atoms with Gasteiger partial charge in [-0.1, -0.05) is 0 Å². The van der Waals surface area contributed by atoms with Crippen LogP contribution in [0, 0.1) is 0 Å². The molecule has 1 rings (SSSR count). The number of hydrogen-bond donors (Lipinski definition) is 0. The third-order valence-corrected chi connectivity index (χ3v) is 37.1. The van der Waals surface area contributed by atoms with Crippen LogP contribution >= 0.6 is 0 Å². The summed E-state index contributed by atoms with van der Waals surface area (Å²) in [5, 5.41) is 0.